The normalized spacial score (nSPS) is 41.3. The molecule has 2 aromatic carbocycles. The van der Waals surface area contributed by atoms with Crippen molar-refractivity contribution in [3.8, 4) is 11.1 Å². The standard InChI is InChI=1S/C46H55.2ClH.Zr/c1-43(2,3)36-17-33-9-10-44(4,41(33)20-36)42-37-7-5-34(45-21-27-11-28(22-45)13-29(12-27)23-45)18-39(37)40-19-35(6-8-38(40)42)46-24-30-14-31(25-46)16-32(15-30)26-46;;;/h5-9,18-20,27-32,42H,10-17,21-26H2,1-4H3;2*1H;/q-1;;;+3/p-2. The molecule has 13 rings (SSSR count). The van der Waals surface area contributed by atoms with E-state index < -0.39 is 0 Å². The first kappa shape index (κ1) is 35.3. The van der Waals surface area contributed by atoms with Crippen LogP contribution in [0.25, 0.3) is 11.1 Å². The maximum atomic E-state index is 2.80. The van der Waals surface area contributed by atoms with E-state index in [0.29, 0.717) is 16.7 Å². The van der Waals surface area contributed by atoms with E-state index in [9.17, 15) is 0 Å². The molecule has 11 aliphatic carbocycles. The molecule has 3 heteroatoms. The molecule has 257 valence electrons. The Morgan fingerprint density at radius 2 is 1.04 bits per heavy atom. The molecule has 1 atom stereocenters. The first-order chi connectivity index (χ1) is 22.1. The number of rotatable bonds is 3. The Bertz CT molecular complexity index is 1590. The average Bonchev–Trinajstić information content (AvgIpc) is 3.67. The molecule has 8 saturated carbocycles. The fraction of sp³-hybridized carbons (Fsp3) is 0.630. The molecule has 0 saturated heterocycles. The summed E-state index contributed by atoms with van der Waals surface area (Å²) in [7, 11) is 0. The number of hydrogen-bond acceptors (Lipinski definition) is 0. The van der Waals surface area contributed by atoms with Gasteiger partial charge in [-0.25, -0.2) is 12.0 Å². The molecule has 0 spiro atoms. The van der Waals surface area contributed by atoms with Crippen LogP contribution in [0.2, 0.25) is 0 Å². The molecule has 1 radical (unpaired) electrons. The van der Waals surface area contributed by atoms with Crippen molar-refractivity contribution < 1.29 is 51.0 Å². The summed E-state index contributed by atoms with van der Waals surface area (Å²) in [6.45, 7) is 9.88. The Labute approximate surface area is 328 Å². The molecule has 0 heterocycles. The van der Waals surface area contributed by atoms with Crippen molar-refractivity contribution >= 4 is 0 Å². The van der Waals surface area contributed by atoms with Gasteiger partial charge in [0.2, 0.25) is 0 Å². The zero-order chi connectivity index (χ0) is 30.8. The van der Waals surface area contributed by atoms with Crippen molar-refractivity contribution in [3.05, 3.63) is 87.9 Å². The van der Waals surface area contributed by atoms with Gasteiger partial charge in [0.05, 0.1) is 0 Å². The molecular weight excluding hydrogens is 715 g/mol. The Balaban J connectivity index is 0.00000116. The van der Waals surface area contributed by atoms with E-state index >= 15 is 0 Å². The Kier molecular flexibility index (Phi) is 8.37. The topological polar surface area (TPSA) is 0 Å². The third-order valence-corrected chi connectivity index (χ3v) is 16.4. The van der Waals surface area contributed by atoms with Crippen LogP contribution < -0.4 is 24.8 Å². The van der Waals surface area contributed by atoms with Crippen LogP contribution in [0.3, 0.4) is 0 Å². The van der Waals surface area contributed by atoms with Crippen LogP contribution >= 0.6 is 0 Å². The number of halogens is 2. The molecule has 11 aliphatic rings. The third-order valence-electron chi connectivity index (χ3n) is 16.4. The van der Waals surface area contributed by atoms with Gasteiger partial charge in [0, 0.05) is 5.92 Å². The fourth-order valence-electron chi connectivity index (χ4n) is 15.1. The summed E-state index contributed by atoms with van der Waals surface area (Å²) in [5.74, 6) is 6.41. The van der Waals surface area contributed by atoms with Gasteiger partial charge in [-0.2, -0.15) is 5.57 Å². The van der Waals surface area contributed by atoms with E-state index in [2.05, 4.69) is 76.6 Å². The van der Waals surface area contributed by atoms with Gasteiger partial charge in [-0.3, -0.25) is 0 Å². The van der Waals surface area contributed by atoms with Crippen molar-refractivity contribution in [2.24, 2.45) is 46.3 Å². The molecule has 0 N–H and O–H groups in total. The number of fused-ring (bicyclic) bond motifs is 3. The quantitative estimate of drug-likeness (QED) is 0.335. The number of allylic oxidation sites excluding steroid dienone is 4. The van der Waals surface area contributed by atoms with Crippen LogP contribution in [-0.2, 0) is 37.0 Å². The predicted molar refractivity (Wildman–Crippen MR) is 190 cm³/mol. The number of benzene rings is 2. The monoisotopic (exact) mass is 767 g/mol. The van der Waals surface area contributed by atoms with E-state index in [4.69, 9.17) is 0 Å². The van der Waals surface area contributed by atoms with Crippen molar-refractivity contribution in [1.29, 1.82) is 0 Å². The summed E-state index contributed by atoms with van der Waals surface area (Å²) < 4.78 is 0. The second-order valence-electron chi connectivity index (χ2n) is 20.3. The fourth-order valence-corrected chi connectivity index (χ4v) is 15.1. The molecule has 0 amide bonds. The van der Waals surface area contributed by atoms with Gasteiger partial charge >= 0.3 is 26.2 Å². The Morgan fingerprint density at radius 1 is 0.633 bits per heavy atom. The van der Waals surface area contributed by atoms with Gasteiger partial charge in [-0.1, -0.05) is 75.1 Å². The minimum Gasteiger partial charge on any atom is -1.00 e. The summed E-state index contributed by atoms with van der Waals surface area (Å²) in [5.41, 5.74) is 16.2. The van der Waals surface area contributed by atoms with E-state index in [1.807, 2.05) is 0 Å². The van der Waals surface area contributed by atoms with Crippen LogP contribution in [-0.4, -0.2) is 0 Å². The zero-order valence-electron chi connectivity index (χ0n) is 30.3. The molecule has 49 heavy (non-hydrogen) atoms. The van der Waals surface area contributed by atoms with Crippen LogP contribution in [0.4, 0.5) is 0 Å². The smallest absolute Gasteiger partial charge is 1.00 e. The second-order valence-corrected chi connectivity index (χ2v) is 20.3. The molecule has 8 bridgehead atoms. The van der Waals surface area contributed by atoms with Crippen LogP contribution in [0.15, 0.2) is 59.2 Å². The third kappa shape index (κ3) is 4.99. The van der Waals surface area contributed by atoms with Crippen molar-refractivity contribution in [3.63, 3.8) is 0 Å². The molecule has 2 aromatic rings. The van der Waals surface area contributed by atoms with Crippen molar-refractivity contribution in [2.75, 3.05) is 0 Å². The first-order valence-corrected chi connectivity index (χ1v) is 19.6. The predicted octanol–water partition coefficient (Wildman–Crippen LogP) is 6.03. The van der Waals surface area contributed by atoms with Gasteiger partial charge in [-0.15, -0.1) is 12.5 Å². The molecule has 1 unspecified atom stereocenters. The molecule has 0 nitrogen and oxygen atoms in total. The summed E-state index contributed by atoms with van der Waals surface area (Å²) in [5, 5.41) is 0. The first-order valence-electron chi connectivity index (χ1n) is 19.6. The van der Waals surface area contributed by atoms with Crippen LogP contribution in [0, 0.1) is 52.8 Å². The summed E-state index contributed by atoms with van der Waals surface area (Å²) in [6.07, 6.45) is 25.6. The minimum absolute atomic E-state index is 0. The maximum Gasteiger partial charge on any atom is 3.00 e. The van der Waals surface area contributed by atoms with Gasteiger partial charge in [0.15, 0.2) is 0 Å². The van der Waals surface area contributed by atoms with Crippen LogP contribution in [0.5, 0.6) is 0 Å². The number of hydrogen-bond donors (Lipinski definition) is 0. The van der Waals surface area contributed by atoms with Gasteiger partial charge in [-0.05, 0) is 169 Å². The second kappa shape index (κ2) is 11.6. The van der Waals surface area contributed by atoms with E-state index in [1.165, 1.54) is 83.5 Å². The van der Waals surface area contributed by atoms with Crippen molar-refractivity contribution in [1.82, 2.24) is 0 Å². The van der Waals surface area contributed by atoms with Crippen LogP contribution in [0.1, 0.15) is 146 Å². The van der Waals surface area contributed by atoms with Gasteiger partial charge < -0.3 is 24.8 Å². The molecule has 0 aromatic heterocycles. The Hall–Kier alpha value is -0.747. The van der Waals surface area contributed by atoms with E-state index in [-0.39, 0.29) is 61.8 Å². The molecular formula is C46H55Cl2Zr. The van der Waals surface area contributed by atoms with Crippen molar-refractivity contribution in [2.45, 2.75) is 134 Å². The maximum absolute atomic E-state index is 2.80. The molecule has 0 aliphatic heterocycles. The summed E-state index contributed by atoms with van der Waals surface area (Å²) in [6, 6.07) is 16.3. The van der Waals surface area contributed by atoms with E-state index in [0.717, 1.165) is 41.9 Å². The van der Waals surface area contributed by atoms with Gasteiger partial charge in [0.1, 0.15) is 0 Å². The summed E-state index contributed by atoms with van der Waals surface area (Å²) >= 11 is 0. The molecule has 8 fully saturated rings. The zero-order valence-corrected chi connectivity index (χ0v) is 34.3. The summed E-state index contributed by atoms with van der Waals surface area (Å²) in [4.78, 5) is 0. The Morgan fingerprint density at radius 3 is 1.43 bits per heavy atom. The SMILES string of the molecule is CC(C)(C)C1=CC2=C([CH-]CC2(C)C2c3ccc(C45CC6CC(CC(C6)C4)C5)cc3-c3cc(C45CC6CC(CC(C6)C4)C5)ccc32)C1.[Cl-].[Cl-].[Zr+3]. The van der Waals surface area contributed by atoms with E-state index in [1.54, 1.807) is 50.1 Å². The minimum atomic E-state index is 0. The average molecular weight is 770 g/mol. The van der Waals surface area contributed by atoms with Gasteiger partial charge in [0.25, 0.3) is 0 Å². The largest absolute Gasteiger partial charge is 3.00 e.